The standard InChI is InChI=1S/C21H18N2O5S/c1-27-21(26)16-8-2-3-9-17(16)23-19(24)13-29-15-7-4-6-14(12-15)22-20(25)18-10-5-11-28-18/h2-12H,13H2,1H3,(H,22,25)(H,23,24). The first-order valence-electron chi connectivity index (χ1n) is 8.61. The van der Waals surface area contributed by atoms with Gasteiger partial charge in [0.05, 0.1) is 30.4 Å². The second-order valence-electron chi connectivity index (χ2n) is 5.83. The van der Waals surface area contributed by atoms with Crippen LogP contribution in [0.15, 0.2) is 76.2 Å². The Morgan fingerprint density at radius 1 is 1.00 bits per heavy atom. The SMILES string of the molecule is COC(=O)c1ccccc1NC(=O)CSc1cccc(NC(=O)c2ccco2)c1. The van der Waals surface area contributed by atoms with Crippen LogP contribution < -0.4 is 10.6 Å². The Hall–Kier alpha value is -3.52. The van der Waals surface area contributed by atoms with Crippen LogP contribution in [-0.4, -0.2) is 30.6 Å². The number of nitrogens with one attached hydrogen (secondary N) is 2. The quantitative estimate of drug-likeness (QED) is 0.450. The average molecular weight is 410 g/mol. The lowest BCUT2D eigenvalue weighted by molar-refractivity contribution is -0.113. The van der Waals surface area contributed by atoms with Crippen LogP contribution in [0.1, 0.15) is 20.9 Å². The molecule has 0 saturated carbocycles. The maximum Gasteiger partial charge on any atom is 0.339 e. The summed E-state index contributed by atoms with van der Waals surface area (Å²) < 4.78 is 9.79. The summed E-state index contributed by atoms with van der Waals surface area (Å²) in [5.41, 5.74) is 1.27. The fourth-order valence-electron chi connectivity index (χ4n) is 2.48. The van der Waals surface area contributed by atoms with Gasteiger partial charge in [0.25, 0.3) is 5.91 Å². The zero-order valence-corrected chi connectivity index (χ0v) is 16.3. The molecular formula is C21H18N2O5S. The molecule has 0 saturated heterocycles. The molecule has 0 radical (unpaired) electrons. The number of esters is 1. The maximum atomic E-state index is 12.3. The lowest BCUT2D eigenvalue weighted by Crippen LogP contribution is -2.17. The molecule has 0 aliphatic rings. The molecule has 2 amide bonds. The number of carbonyl (C=O) groups excluding carboxylic acids is 3. The van der Waals surface area contributed by atoms with Crippen molar-refractivity contribution in [3.8, 4) is 0 Å². The van der Waals surface area contributed by atoms with Gasteiger partial charge in [-0.05, 0) is 42.5 Å². The first-order chi connectivity index (χ1) is 14.1. The zero-order chi connectivity index (χ0) is 20.6. The Morgan fingerprint density at radius 3 is 2.59 bits per heavy atom. The van der Waals surface area contributed by atoms with Gasteiger partial charge in [0.2, 0.25) is 5.91 Å². The zero-order valence-electron chi connectivity index (χ0n) is 15.5. The van der Waals surface area contributed by atoms with E-state index in [1.54, 1.807) is 54.6 Å². The van der Waals surface area contributed by atoms with Crippen LogP contribution in [0.3, 0.4) is 0 Å². The molecule has 2 aromatic carbocycles. The van der Waals surface area contributed by atoms with Crippen molar-refractivity contribution in [1.29, 1.82) is 0 Å². The maximum absolute atomic E-state index is 12.3. The second kappa shape index (κ2) is 9.61. The number of amides is 2. The predicted molar refractivity (Wildman–Crippen MR) is 110 cm³/mol. The van der Waals surface area contributed by atoms with E-state index in [0.29, 0.717) is 11.4 Å². The van der Waals surface area contributed by atoms with Crippen LogP contribution in [0, 0.1) is 0 Å². The molecule has 0 atom stereocenters. The smallest absolute Gasteiger partial charge is 0.339 e. The topological polar surface area (TPSA) is 97.6 Å². The van der Waals surface area contributed by atoms with Crippen molar-refractivity contribution in [2.75, 3.05) is 23.5 Å². The molecule has 0 aliphatic heterocycles. The predicted octanol–water partition coefficient (Wildman–Crippen LogP) is 4.05. The fraction of sp³-hybridized carbons (Fsp3) is 0.0952. The van der Waals surface area contributed by atoms with Gasteiger partial charge in [0.1, 0.15) is 0 Å². The molecule has 3 aromatic rings. The van der Waals surface area contributed by atoms with Crippen LogP contribution in [0.4, 0.5) is 11.4 Å². The largest absolute Gasteiger partial charge is 0.465 e. The monoisotopic (exact) mass is 410 g/mol. The number of anilines is 2. The third kappa shape index (κ3) is 5.49. The van der Waals surface area contributed by atoms with Gasteiger partial charge in [-0.3, -0.25) is 9.59 Å². The highest BCUT2D eigenvalue weighted by Gasteiger charge is 2.14. The summed E-state index contributed by atoms with van der Waals surface area (Å²) in [7, 11) is 1.29. The summed E-state index contributed by atoms with van der Waals surface area (Å²) in [6, 6.07) is 17.0. The number of hydrogen-bond acceptors (Lipinski definition) is 6. The molecule has 0 fully saturated rings. The molecular weight excluding hydrogens is 392 g/mol. The van der Waals surface area contributed by atoms with Crippen molar-refractivity contribution >= 4 is 40.9 Å². The molecule has 1 heterocycles. The number of rotatable bonds is 7. The summed E-state index contributed by atoms with van der Waals surface area (Å²) in [6.07, 6.45) is 1.43. The first kappa shape index (κ1) is 20.2. The lowest BCUT2D eigenvalue weighted by atomic mass is 10.2. The third-order valence-electron chi connectivity index (χ3n) is 3.81. The molecule has 148 valence electrons. The number of hydrogen-bond donors (Lipinski definition) is 2. The van der Waals surface area contributed by atoms with E-state index < -0.39 is 5.97 Å². The van der Waals surface area contributed by atoms with Crippen LogP contribution in [0.25, 0.3) is 0 Å². The van der Waals surface area contributed by atoms with Crippen molar-refractivity contribution in [3.05, 3.63) is 78.3 Å². The van der Waals surface area contributed by atoms with Crippen LogP contribution in [0.5, 0.6) is 0 Å². The summed E-state index contributed by atoms with van der Waals surface area (Å²) in [4.78, 5) is 36.9. The first-order valence-corrected chi connectivity index (χ1v) is 9.60. The van der Waals surface area contributed by atoms with E-state index in [9.17, 15) is 14.4 Å². The van der Waals surface area contributed by atoms with Crippen molar-refractivity contribution in [2.24, 2.45) is 0 Å². The van der Waals surface area contributed by atoms with E-state index in [0.717, 1.165) is 4.90 Å². The van der Waals surface area contributed by atoms with Gasteiger partial charge in [-0.25, -0.2) is 4.79 Å². The summed E-state index contributed by atoms with van der Waals surface area (Å²) in [5, 5.41) is 5.46. The molecule has 7 nitrogen and oxygen atoms in total. The summed E-state index contributed by atoms with van der Waals surface area (Å²) in [6.45, 7) is 0. The van der Waals surface area contributed by atoms with E-state index in [4.69, 9.17) is 9.15 Å². The Morgan fingerprint density at radius 2 is 1.83 bits per heavy atom. The summed E-state index contributed by atoms with van der Waals surface area (Å²) >= 11 is 1.30. The number of furan rings is 1. The molecule has 0 aliphatic carbocycles. The fourth-order valence-corrected chi connectivity index (χ4v) is 3.23. The number of thioether (sulfide) groups is 1. The number of benzene rings is 2. The molecule has 8 heteroatoms. The van der Waals surface area contributed by atoms with Crippen molar-refractivity contribution in [2.45, 2.75) is 4.90 Å². The van der Waals surface area contributed by atoms with E-state index in [2.05, 4.69) is 10.6 Å². The normalized spacial score (nSPS) is 10.2. The van der Waals surface area contributed by atoms with E-state index in [-0.39, 0.29) is 28.9 Å². The number of methoxy groups -OCH3 is 1. The minimum absolute atomic E-state index is 0.130. The number of carbonyl (C=O) groups is 3. The molecule has 3 rings (SSSR count). The van der Waals surface area contributed by atoms with Crippen LogP contribution in [0.2, 0.25) is 0 Å². The third-order valence-corrected chi connectivity index (χ3v) is 4.81. The number of para-hydroxylation sites is 1. The van der Waals surface area contributed by atoms with Gasteiger partial charge in [-0.15, -0.1) is 11.8 Å². The molecule has 0 unspecified atom stereocenters. The molecule has 0 bridgehead atoms. The van der Waals surface area contributed by atoms with Gasteiger partial charge < -0.3 is 19.8 Å². The van der Waals surface area contributed by atoms with Gasteiger partial charge in [0, 0.05) is 10.6 Å². The Balaban J connectivity index is 1.58. The molecule has 1 aromatic heterocycles. The average Bonchev–Trinajstić information content (AvgIpc) is 3.27. The van der Waals surface area contributed by atoms with E-state index in [1.165, 1.54) is 25.1 Å². The van der Waals surface area contributed by atoms with Gasteiger partial charge in [-0.2, -0.15) is 0 Å². The van der Waals surface area contributed by atoms with Gasteiger partial charge in [-0.1, -0.05) is 18.2 Å². The van der Waals surface area contributed by atoms with Crippen LogP contribution in [-0.2, 0) is 9.53 Å². The highest BCUT2D eigenvalue weighted by Crippen LogP contribution is 2.23. The minimum atomic E-state index is -0.520. The van der Waals surface area contributed by atoms with Crippen molar-refractivity contribution < 1.29 is 23.5 Å². The minimum Gasteiger partial charge on any atom is -0.465 e. The van der Waals surface area contributed by atoms with E-state index >= 15 is 0 Å². The molecule has 0 spiro atoms. The van der Waals surface area contributed by atoms with Gasteiger partial charge in [0.15, 0.2) is 5.76 Å². The second-order valence-corrected chi connectivity index (χ2v) is 6.88. The Kier molecular flexibility index (Phi) is 6.70. The highest BCUT2D eigenvalue weighted by atomic mass is 32.2. The Bertz CT molecular complexity index is 1020. The van der Waals surface area contributed by atoms with Crippen LogP contribution >= 0.6 is 11.8 Å². The van der Waals surface area contributed by atoms with Gasteiger partial charge >= 0.3 is 5.97 Å². The lowest BCUT2D eigenvalue weighted by Gasteiger charge is -2.10. The number of ether oxygens (including phenoxy) is 1. The van der Waals surface area contributed by atoms with Crippen molar-refractivity contribution in [1.82, 2.24) is 0 Å². The van der Waals surface area contributed by atoms with Crippen molar-refractivity contribution in [3.63, 3.8) is 0 Å². The Labute approximate surface area is 171 Å². The molecule has 2 N–H and O–H groups in total. The van der Waals surface area contributed by atoms with E-state index in [1.807, 2.05) is 6.07 Å². The molecule has 29 heavy (non-hydrogen) atoms. The summed E-state index contributed by atoms with van der Waals surface area (Å²) in [5.74, 6) is -0.795. The highest BCUT2D eigenvalue weighted by molar-refractivity contribution is 8.00.